The highest BCUT2D eigenvalue weighted by molar-refractivity contribution is 14.0. The van der Waals surface area contributed by atoms with Gasteiger partial charge in [0.2, 0.25) is 0 Å². The fourth-order valence-electron chi connectivity index (χ4n) is 4.27. The normalized spacial score (nSPS) is 18.2. The van der Waals surface area contributed by atoms with Crippen molar-refractivity contribution in [3.63, 3.8) is 0 Å². The van der Waals surface area contributed by atoms with E-state index in [0.29, 0.717) is 12.5 Å². The third-order valence-electron chi connectivity index (χ3n) is 6.17. The molecule has 3 rings (SSSR count). The zero-order valence-corrected chi connectivity index (χ0v) is 22.1. The van der Waals surface area contributed by atoms with Crippen molar-refractivity contribution in [1.29, 1.82) is 0 Å². The molecular weight excluding hydrogens is 515 g/mol. The van der Waals surface area contributed by atoms with E-state index in [4.69, 9.17) is 14.5 Å². The fourth-order valence-corrected chi connectivity index (χ4v) is 4.27. The van der Waals surface area contributed by atoms with Crippen LogP contribution in [0.2, 0.25) is 0 Å². The molecule has 2 heterocycles. The molecule has 0 aromatic heterocycles. The standard InChI is InChI=1S/C25H42N4O2.HI/c1-2-26-25(27-13-8-16-31-21-22-11-17-30-18-12-22)28-19-23-9-4-5-10-24(23)20-29-14-6-3-7-15-29;/h4-5,9-10,22H,2-3,6-8,11-21H2,1H3,(H2,26,27,28);1H. The first-order valence-electron chi connectivity index (χ1n) is 12.3. The lowest BCUT2D eigenvalue weighted by Gasteiger charge is -2.27. The predicted molar refractivity (Wildman–Crippen MR) is 143 cm³/mol. The minimum Gasteiger partial charge on any atom is -0.381 e. The van der Waals surface area contributed by atoms with E-state index in [1.165, 1.54) is 43.5 Å². The highest BCUT2D eigenvalue weighted by Crippen LogP contribution is 2.17. The molecule has 0 bridgehead atoms. The average molecular weight is 559 g/mol. The van der Waals surface area contributed by atoms with Crippen molar-refractivity contribution in [2.45, 2.75) is 58.5 Å². The van der Waals surface area contributed by atoms with Crippen LogP contribution >= 0.6 is 24.0 Å². The summed E-state index contributed by atoms with van der Waals surface area (Å²) in [4.78, 5) is 7.43. The van der Waals surface area contributed by atoms with Crippen LogP contribution in [0.4, 0.5) is 0 Å². The molecule has 2 aliphatic heterocycles. The lowest BCUT2D eigenvalue weighted by atomic mass is 10.0. The van der Waals surface area contributed by atoms with Crippen molar-refractivity contribution in [2.75, 3.05) is 52.6 Å². The maximum absolute atomic E-state index is 5.87. The smallest absolute Gasteiger partial charge is 0.191 e. The summed E-state index contributed by atoms with van der Waals surface area (Å²) < 4.78 is 11.3. The summed E-state index contributed by atoms with van der Waals surface area (Å²) in [6.45, 7) is 11.5. The number of guanidine groups is 1. The van der Waals surface area contributed by atoms with Gasteiger partial charge in [0.25, 0.3) is 0 Å². The number of hydrogen-bond donors (Lipinski definition) is 2. The maximum atomic E-state index is 5.87. The molecular formula is C25H43IN4O2. The summed E-state index contributed by atoms with van der Waals surface area (Å²) in [6.07, 6.45) is 7.28. The number of likely N-dealkylation sites (tertiary alicyclic amines) is 1. The first-order valence-corrected chi connectivity index (χ1v) is 12.3. The van der Waals surface area contributed by atoms with Crippen molar-refractivity contribution in [2.24, 2.45) is 10.9 Å². The zero-order valence-electron chi connectivity index (χ0n) is 19.8. The first-order chi connectivity index (χ1) is 15.3. The molecule has 0 saturated carbocycles. The number of rotatable bonds is 11. The van der Waals surface area contributed by atoms with E-state index in [2.05, 4.69) is 46.7 Å². The Bertz CT molecular complexity index is 647. The highest BCUT2D eigenvalue weighted by atomic mass is 127. The molecule has 182 valence electrons. The molecule has 2 fully saturated rings. The zero-order chi connectivity index (χ0) is 21.6. The minimum absolute atomic E-state index is 0. The topological polar surface area (TPSA) is 58.1 Å². The molecule has 0 radical (unpaired) electrons. The molecule has 0 atom stereocenters. The van der Waals surface area contributed by atoms with Gasteiger partial charge in [0.15, 0.2) is 5.96 Å². The monoisotopic (exact) mass is 558 g/mol. The molecule has 2 saturated heterocycles. The number of piperidine rings is 1. The second-order valence-corrected chi connectivity index (χ2v) is 8.71. The van der Waals surface area contributed by atoms with Gasteiger partial charge in [-0.3, -0.25) is 4.90 Å². The molecule has 2 aliphatic rings. The first kappa shape index (κ1) is 27.3. The van der Waals surface area contributed by atoms with Crippen LogP contribution in [0.1, 0.15) is 56.6 Å². The van der Waals surface area contributed by atoms with Crippen LogP contribution in [0.25, 0.3) is 0 Å². The third kappa shape index (κ3) is 10.4. The molecule has 32 heavy (non-hydrogen) atoms. The molecule has 0 aliphatic carbocycles. The molecule has 2 N–H and O–H groups in total. The fraction of sp³-hybridized carbons (Fsp3) is 0.720. The van der Waals surface area contributed by atoms with Gasteiger partial charge in [-0.25, -0.2) is 4.99 Å². The van der Waals surface area contributed by atoms with Gasteiger partial charge in [-0.2, -0.15) is 0 Å². The number of nitrogens with zero attached hydrogens (tertiary/aromatic N) is 2. The van der Waals surface area contributed by atoms with Crippen LogP contribution in [0.15, 0.2) is 29.3 Å². The largest absolute Gasteiger partial charge is 0.381 e. The number of ether oxygens (including phenoxy) is 2. The summed E-state index contributed by atoms with van der Waals surface area (Å²) in [6, 6.07) is 8.75. The van der Waals surface area contributed by atoms with E-state index >= 15 is 0 Å². The minimum atomic E-state index is 0. The molecule has 0 unspecified atom stereocenters. The van der Waals surface area contributed by atoms with Gasteiger partial charge in [-0.05, 0) is 69.2 Å². The molecule has 0 spiro atoms. The summed E-state index contributed by atoms with van der Waals surface area (Å²) in [5.41, 5.74) is 2.73. The average Bonchev–Trinajstić information content (AvgIpc) is 2.82. The Morgan fingerprint density at radius 3 is 2.59 bits per heavy atom. The van der Waals surface area contributed by atoms with E-state index in [0.717, 1.165) is 71.3 Å². The van der Waals surface area contributed by atoms with Gasteiger partial charge in [-0.15, -0.1) is 24.0 Å². The summed E-state index contributed by atoms with van der Waals surface area (Å²) in [5, 5.41) is 6.83. The van der Waals surface area contributed by atoms with Crippen LogP contribution in [-0.4, -0.2) is 63.5 Å². The van der Waals surface area contributed by atoms with Crippen molar-refractivity contribution in [1.82, 2.24) is 15.5 Å². The van der Waals surface area contributed by atoms with E-state index in [1.54, 1.807) is 0 Å². The molecule has 1 aromatic rings. The Morgan fingerprint density at radius 1 is 1.09 bits per heavy atom. The lowest BCUT2D eigenvalue weighted by Crippen LogP contribution is -2.38. The second-order valence-electron chi connectivity index (χ2n) is 8.71. The van der Waals surface area contributed by atoms with Crippen molar-refractivity contribution < 1.29 is 9.47 Å². The highest BCUT2D eigenvalue weighted by Gasteiger charge is 2.14. The molecule has 6 nitrogen and oxygen atoms in total. The second kappa shape index (κ2) is 16.7. The number of aliphatic imine (C=N–C) groups is 1. The number of halogens is 1. The van der Waals surface area contributed by atoms with Gasteiger partial charge in [0.05, 0.1) is 6.54 Å². The third-order valence-corrected chi connectivity index (χ3v) is 6.17. The Hall–Kier alpha value is -0.900. The number of benzene rings is 1. The SMILES string of the molecule is CCNC(=NCc1ccccc1CN1CCCCC1)NCCCOCC1CCOCC1.I. The van der Waals surface area contributed by atoms with Crippen LogP contribution in [0.5, 0.6) is 0 Å². The number of nitrogens with one attached hydrogen (secondary N) is 2. The van der Waals surface area contributed by atoms with E-state index in [-0.39, 0.29) is 24.0 Å². The Labute approximate surface area is 211 Å². The van der Waals surface area contributed by atoms with Crippen molar-refractivity contribution in [3.8, 4) is 0 Å². The Kier molecular flexibility index (Phi) is 14.2. The van der Waals surface area contributed by atoms with Crippen LogP contribution in [-0.2, 0) is 22.6 Å². The quantitative estimate of drug-likeness (QED) is 0.185. The summed E-state index contributed by atoms with van der Waals surface area (Å²) in [5.74, 6) is 1.56. The van der Waals surface area contributed by atoms with E-state index in [9.17, 15) is 0 Å². The van der Waals surface area contributed by atoms with Crippen molar-refractivity contribution >= 4 is 29.9 Å². The predicted octanol–water partition coefficient (Wildman–Crippen LogP) is 4.18. The van der Waals surface area contributed by atoms with Gasteiger partial charge in [0.1, 0.15) is 0 Å². The summed E-state index contributed by atoms with van der Waals surface area (Å²) in [7, 11) is 0. The maximum Gasteiger partial charge on any atom is 0.191 e. The van der Waals surface area contributed by atoms with Crippen molar-refractivity contribution in [3.05, 3.63) is 35.4 Å². The van der Waals surface area contributed by atoms with Gasteiger partial charge >= 0.3 is 0 Å². The van der Waals surface area contributed by atoms with E-state index in [1.807, 2.05) is 0 Å². The van der Waals surface area contributed by atoms with Crippen LogP contribution in [0.3, 0.4) is 0 Å². The van der Waals surface area contributed by atoms with Gasteiger partial charge in [0, 0.05) is 46.1 Å². The molecule has 1 aromatic carbocycles. The van der Waals surface area contributed by atoms with Gasteiger partial charge in [-0.1, -0.05) is 30.7 Å². The van der Waals surface area contributed by atoms with Gasteiger partial charge < -0.3 is 20.1 Å². The van der Waals surface area contributed by atoms with E-state index < -0.39 is 0 Å². The molecule has 7 heteroatoms. The van der Waals surface area contributed by atoms with Crippen LogP contribution in [0, 0.1) is 5.92 Å². The number of hydrogen-bond acceptors (Lipinski definition) is 4. The summed E-state index contributed by atoms with van der Waals surface area (Å²) >= 11 is 0. The Balaban J connectivity index is 0.00000363. The van der Waals surface area contributed by atoms with Crippen LogP contribution < -0.4 is 10.6 Å². The Morgan fingerprint density at radius 2 is 1.84 bits per heavy atom. The lowest BCUT2D eigenvalue weighted by molar-refractivity contribution is 0.0203. The molecule has 0 amide bonds.